The van der Waals surface area contributed by atoms with Crippen LogP contribution in [0.15, 0.2) is 16.7 Å². The highest BCUT2D eigenvalue weighted by molar-refractivity contribution is 5.78. The zero-order valence-electron chi connectivity index (χ0n) is 9.75. The van der Waals surface area contributed by atoms with Crippen LogP contribution in [-0.4, -0.2) is 26.2 Å². The van der Waals surface area contributed by atoms with E-state index in [1.165, 1.54) is 0 Å². The van der Waals surface area contributed by atoms with E-state index in [0.717, 1.165) is 5.69 Å². The maximum Gasteiger partial charge on any atom is 0.249 e. The van der Waals surface area contributed by atoms with Crippen LogP contribution in [0.2, 0.25) is 0 Å². The molecule has 1 aliphatic rings. The summed E-state index contributed by atoms with van der Waals surface area (Å²) in [5, 5.41) is 14.5. The van der Waals surface area contributed by atoms with Crippen molar-refractivity contribution in [3.63, 3.8) is 0 Å². The van der Waals surface area contributed by atoms with Gasteiger partial charge in [-0.2, -0.15) is 10.1 Å². The third-order valence-corrected chi connectivity index (χ3v) is 2.76. The SMILES string of the molecule is Cc1ccc(-c2noc([C@@H]3CCC(=O)N3)n2)nn1. The molecular weight excluding hydrogens is 234 g/mol. The van der Waals surface area contributed by atoms with Crippen molar-refractivity contribution in [2.75, 3.05) is 0 Å². The predicted octanol–water partition coefficient (Wildman–Crippen LogP) is 0.786. The Hall–Kier alpha value is -2.31. The van der Waals surface area contributed by atoms with E-state index in [9.17, 15) is 4.79 Å². The minimum atomic E-state index is -0.183. The molecule has 3 rings (SSSR count). The Morgan fingerprint density at radius 3 is 2.94 bits per heavy atom. The average molecular weight is 245 g/mol. The molecule has 0 saturated carbocycles. The molecule has 0 spiro atoms. The van der Waals surface area contributed by atoms with Gasteiger partial charge >= 0.3 is 0 Å². The van der Waals surface area contributed by atoms with E-state index in [2.05, 4.69) is 25.7 Å². The number of aryl methyl sites for hydroxylation is 1. The largest absolute Gasteiger partial charge is 0.344 e. The zero-order valence-corrected chi connectivity index (χ0v) is 9.75. The Morgan fingerprint density at radius 2 is 2.28 bits per heavy atom. The van der Waals surface area contributed by atoms with Gasteiger partial charge in [0.15, 0.2) is 0 Å². The van der Waals surface area contributed by atoms with Crippen LogP contribution >= 0.6 is 0 Å². The lowest BCUT2D eigenvalue weighted by Gasteiger charge is -2.01. The lowest BCUT2D eigenvalue weighted by atomic mass is 10.2. The molecule has 2 aromatic heterocycles. The van der Waals surface area contributed by atoms with Crippen LogP contribution in [0.3, 0.4) is 0 Å². The lowest BCUT2D eigenvalue weighted by molar-refractivity contribution is -0.119. The van der Waals surface area contributed by atoms with Crippen LogP contribution in [-0.2, 0) is 4.79 Å². The van der Waals surface area contributed by atoms with E-state index in [0.29, 0.717) is 30.3 Å². The van der Waals surface area contributed by atoms with Crippen molar-refractivity contribution in [3.8, 4) is 11.5 Å². The number of hydrogen-bond acceptors (Lipinski definition) is 6. The molecule has 1 N–H and O–H groups in total. The van der Waals surface area contributed by atoms with Gasteiger partial charge in [-0.3, -0.25) is 4.79 Å². The first-order valence-corrected chi connectivity index (χ1v) is 5.66. The second-order valence-corrected chi connectivity index (χ2v) is 4.17. The number of amides is 1. The Bertz CT molecular complexity index is 577. The highest BCUT2D eigenvalue weighted by Gasteiger charge is 2.27. The number of aromatic nitrogens is 4. The number of hydrogen-bond donors (Lipinski definition) is 1. The molecular formula is C11H11N5O2. The van der Waals surface area contributed by atoms with Crippen molar-refractivity contribution in [2.24, 2.45) is 0 Å². The van der Waals surface area contributed by atoms with Gasteiger partial charge < -0.3 is 9.84 Å². The molecule has 3 heterocycles. The van der Waals surface area contributed by atoms with Gasteiger partial charge in [-0.15, -0.1) is 5.10 Å². The van der Waals surface area contributed by atoms with E-state index in [1.54, 1.807) is 6.07 Å². The van der Waals surface area contributed by atoms with Gasteiger partial charge in [0.2, 0.25) is 17.6 Å². The summed E-state index contributed by atoms with van der Waals surface area (Å²) in [5.41, 5.74) is 1.38. The number of nitrogens with zero attached hydrogens (tertiary/aromatic N) is 4. The summed E-state index contributed by atoms with van der Waals surface area (Å²) in [4.78, 5) is 15.3. The van der Waals surface area contributed by atoms with Crippen LogP contribution in [0.25, 0.3) is 11.5 Å². The van der Waals surface area contributed by atoms with E-state index < -0.39 is 0 Å². The van der Waals surface area contributed by atoms with Gasteiger partial charge in [0.05, 0.1) is 5.69 Å². The zero-order chi connectivity index (χ0) is 12.5. The second-order valence-electron chi connectivity index (χ2n) is 4.17. The maximum atomic E-state index is 11.1. The first-order chi connectivity index (χ1) is 8.72. The number of carbonyl (C=O) groups excluding carboxylic acids is 1. The maximum absolute atomic E-state index is 11.1. The van der Waals surface area contributed by atoms with Crippen LogP contribution in [0.5, 0.6) is 0 Å². The Balaban J connectivity index is 1.85. The Kier molecular flexibility index (Phi) is 2.51. The molecule has 2 aromatic rings. The summed E-state index contributed by atoms with van der Waals surface area (Å²) in [6.45, 7) is 1.85. The third kappa shape index (κ3) is 1.94. The first kappa shape index (κ1) is 10.8. The van der Waals surface area contributed by atoms with E-state index in [-0.39, 0.29) is 11.9 Å². The predicted molar refractivity (Wildman–Crippen MR) is 60.2 cm³/mol. The molecule has 1 fully saturated rings. The summed E-state index contributed by atoms with van der Waals surface area (Å²) < 4.78 is 5.14. The van der Waals surface area contributed by atoms with Gasteiger partial charge in [-0.05, 0) is 25.5 Å². The van der Waals surface area contributed by atoms with E-state index >= 15 is 0 Å². The highest BCUT2D eigenvalue weighted by Crippen LogP contribution is 2.23. The molecule has 7 nitrogen and oxygen atoms in total. The number of rotatable bonds is 2. The van der Waals surface area contributed by atoms with Crippen LogP contribution < -0.4 is 5.32 Å². The van der Waals surface area contributed by atoms with Crippen LogP contribution in [0.4, 0.5) is 0 Å². The fourth-order valence-electron chi connectivity index (χ4n) is 1.80. The minimum absolute atomic E-state index is 0.00915. The molecule has 18 heavy (non-hydrogen) atoms. The van der Waals surface area contributed by atoms with Crippen molar-refractivity contribution in [3.05, 3.63) is 23.7 Å². The molecule has 92 valence electrons. The van der Waals surface area contributed by atoms with E-state index in [4.69, 9.17) is 4.52 Å². The minimum Gasteiger partial charge on any atom is -0.344 e. The summed E-state index contributed by atoms with van der Waals surface area (Å²) >= 11 is 0. The third-order valence-electron chi connectivity index (χ3n) is 2.76. The van der Waals surface area contributed by atoms with Gasteiger partial charge in [-0.1, -0.05) is 5.16 Å². The molecule has 1 amide bonds. The Labute approximate surface area is 103 Å². The molecule has 1 atom stereocenters. The Morgan fingerprint density at radius 1 is 1.39 bits per heavy atom. The first-order valence-electron chi connectivity index (χ1n) is 5.66. The highest BCUT2D eigenvalue weighted by atomic mass is 16.5. The molecule has 7 heteroatoms. The molecule has 0 aliphatic carbocycles. The van der Waals surface area contributed by atoms with Gasteiger partial charge in [0.25, 0.3) is 0 Å². The summed E-state index contributed by atoms with van der Waals surface area (Å²) in [5.74, 6) is 0.812. The van der Waals surface area contributed by atoms with Crippen molar-refractivity contribution in [1.82, 2.24) is 25.7 Å². The summed E-state index contributed by atoms with van der Waals surface area (Å²) in [6, 6.07) is 3.43. The van der Waals surface area contributed by atoms with Crippen molar-refractivity contribution < 1.29 is 9.32 Å². The van der Waals surface area contributed by atoms with Crippen molar-refractivity contribution in [2.45, 2.75) is 25.8 Å². The van der Waals surface area contributed by atoms with Gasteiger partial charge in [0, 0.05) is 6.42 Å². The lowest BCUT2D eigenvalue weighted by Crippen LogP contribution is -2.18. The number of carbonyl (C=O) groups is 1. The van der Waals surface area contributed by atoms with Crippen molar-refractivity contribution in [1.29, 1.82) is 0 Å². The van der Waals surface area contributed by atoms with E-state index in [1.807, 2.05) is 13.0 Å². The molecule has 0 radical (unpaired) electrons. The monoisotopic (exact) mass is 245 g/mol. The average Bonchev–Trinajstić information content (AvgIpc) is 2.98. The summed E-state index contributed by atoms with van der Waals surface area (Å²) in [6.07, 6.45) is 1.17. The quantitative estimate of drug-likeness (QED) is 0.840. The van der Waals surface area contributed by atoms with Gasteiger partial charge in [0.1, 0.15) is 11.7 Å². The molecule has 1 aliphatic heterocycles. The summed E-state index contributed by atoms with van der Waals surface area (Å²) in [7, 11) is 0. The fourth-order valence-corrected chi connectivity index (χ4v) is 1.80. The number of nitrogens with one attached hydrogen (secondary N) is 1. The van der Waals surface area contributed by atoms with Crippen LogP contribution in [0, 0.1) is 6.92 Å². The standard InChI is InChI=1S/C11H11N5O2/c1-6-2-3-7(15-14-6)10-13-11(18-16-10)8-4-5-9(17)12-8/h2-3,8H,4-5H2,1H3,(H,12,17)/t8-/m0/s1. The molecule has 0 bridgehead atoms. The van der Waals surface area contributed by atoms with Gasteiger partial charge in [-0.25, -0.2) is 0 Å². The fraction of sp³-hybridized carbons (Fsp3) is 0.364. The van der Waals surface area contributed by atoms with Crippen LogP contribution in [0.1, 0.15) is 30.5 Å². The van der Waals surface area contributed by atoms with Crippen molar-refractivity contribution >= 4 is 5.91 Å². The second kappa shape index (κ2) is 4.17. The smallest absolute Gasteiger partial charge is 0.249 e. The topological polar surface area (TPSA) is 93.8 Å². The molecule has 0 unspecified atom stereocenters. The molecule has 1 saturated heterocycles. The normalized spacial score (nSPS) is 18.9. The molecule has 0 aromatic carbocycles.